The lowest BCUT2D eigenvalue weighted by Crippen LogP contribution is -2.28. The van der Waals surface area contributed by atoms with E-state index in [1.54, 1.807) is 4.90 Å². The summed E-state index contributed by atoms with van der Waals surface area (Å²) in [6.07, 6.45) is 5.18. The zero-order valence-electron chi connectivity index (χ0n) is 13.7. The summed E-state index contributed by atoms with van der Waals surface area (Å²) in [4.78, 5) is 14.7. The first kappa shape index (κ1) is 17.5. The molecule has 0 aromatic heterocycles. The Kier molecular flexibility index (Phi) is 5.92. The van der Waals surface area contributed by atoms with E-state index in [1.807, 2.05) is 37.3 Å². The van der Waals surface area contributed by atoms with Gasteiger partial charge in [-0.3, -0.25) is 9.69 Å². The summed E-state index contributed by atoms with van der Waals surface area (Å²) in [6.45, 7) is 4.15. The van der Waals surface area contributed by atoms with Gasteiger partial charge in [0.05, 0.1) is 11.0 Å². The molecule has 2 heterocycles. The van der Waals surface area contributed by atoms with E-state index in [4.69, 9.17) is 21.7 Å². The molecule has 6 heteroatoms. The van der Waals surface area contributed by atoms with Gasteiger partial charge in [-0.25, -0.2) is 0 Å². The van der Waals surface area contributed by atoms with Crippen LogP contribution < -0.4 is 4.74 Å². The Hall–Kier alpha value is -1.37. The molecule has 2 aliphatic rings. The fourth-order valence-corrected chi connectivity index (χ4v) is 4.00. The monoisotopic (exact) mass is 363 g/mol. The fraction of sp³-hybridized carbons (Fsp3) is 0.444. The molecule has 2 aliphatic heterocycles. The van der Waals surface area contributed by atoms with Crippen molar-refractivity contribution in [3.8, 4) is 5.75 Å². The molecular weight excluding hydrogens is 342 g/mol. The third-order valence-electron chi connectivity index (χ3n) is 3.96. The van der Waals surface area contributed by atoms with Crippen LogP contribution in [0.25, 0.3) is 6.08 Å². The van der Waals surface area contributed by atoms with Gasteiger partial charge < -0.3 is 9.47 Å². The van der Waals surface area contributed by atoms with Gasteiger partial charge in [0.25, 0.3) is 5.91 Å². The molecule has 2 fully saturated rings. The Balaban J connectivity index is 1.61. The molecule has 0 spiro atoms. The normalized spacial score (nSPS) is 22.6. The molecule has 1 unspecified atom stereocenters. The van der Waals surface area contributed by atoms with Crippen LogP contribution in [0, 0.1) is 0 Å². The smallest absolute Gasteiger partial charge is 0.266 e. The Morgan fingerprint density at radius 3 is 2.88 bits per heavy atom. The summed E-state index contributed by atoms with van der Waals surface area (Å²) in [5, 5.41) is 0. The molecule has 4 nitrogen and oxygen atoms in total. The van der Waals surface area contributed by atoms with Crippen molar-refractivity contribution in [1.29, 1.82) is 0 Å². The maximum absolute atomic E-state index is 12.3. The van der Waals surface area contributed by atoms with Crippen LogP contribution in [0.1, 0.15) is 31.7 Å². The second-order valence-corrected chi connectivity index (χ2v) is 7.52. The Bertz CT molecular complexity index is 636. The van der Waals surface area contributed by atoms with Crippen molar-refractivity contribution in [3.63, 3.8) is 0 Å². The van der Waals surface area contributed by atoms with Crippen molar-refractivity contribution >= 4 is 40.3 Å². The minimum atomic E-state index is 0.00515. The van der Waals surface area contributed by atoms with Gasteiger partial charge >= 0.3 is 0 Å². The second-order valence-electron chi connectivity index (χ2n) is 5.85. The Morgan fingerprint density at radius 1 is 1.42 bits per heavy atom. The molecular formula is C18H21NO3S2. The highest BCUT2D eigenvalue weighted by atomic mass is 32.2. The standard InChI is InChI=1S/C18H21NO3S2/c1-2-9-19-17(20)16(24-18(19)23)11-13-5-7-14(8-6-13)22-12-15-4-3-10-21-15/h5-8,11,15H,2-4,9-10,12H2,1H3/b16-11+. The van der Waals surface area contributed by atoms with Crippen LogP contribution in [0.5, 0.6) is 5.75 Å². The van der Waals surface area contributed by atoms with E-state index in [1.165, 1.54) is 11.8 Å². The van der Waals surface area contributed by atoms with Gasteiger partial charge in [-0.1, -0.05) is 43.0 Å². The first-order valence-corrected chi connectivity index (χ1v) is 9.49. The average molecular weight is 364 g/mol. The zero-order valence-corrected chi connectivity index (χ0v) is 15.3. The highest BCUT2D eigenvalue weighted by Crippen LogP contribution is 2.32. The van der Waals surface area contributed by atoms with Gasteiger partial charge in [0.2, 0.25) is 0 Å². The van der Waals surface area contributed by atoms with Crippen LogP contribution in [0.15, 0.2) is 29.2 Å². The molecule has 24 heavy (non-hydrogen) atoms. The summed E-state index contributed by atoms with van der Waals surface area (Å²) in [5.74, 6) is 0.826. The Morgan fingerprint density at radius 2 is 2.21 bits per heavy atom. The third-order valence-corrected chi connectivity index (χ3v) is 5.34. The SMILES string of the molecule is CCCN1C(=O)/C(=C\c2ccc(OCC3CCCO3)cc2)SC1=S. The van der Waals surface area contributed by atoms with Crippen LogP contribution >= 0.6 is 24.0 Å². The van der Waals surface area contributed by atoms with Gasteiger partial charge in [0.1, 0.15) is 16.7 Å². The molecule has 0 bridgehead atoms. The first-order valence-electron chi connectivity index (χ1n) is 8.27. The number of amides is 1. The number of hydrogen-bond acceptors (Lipinski definition) is 5. The van der Waals surface area contributed by atoms with Gasteiger partial charge in [-0.15, -0.1) is 0 Å². The maximum Gasteiger partial charge on any atom is 0.266 e. The molecule has 0 aliphatic carbocycles. The minimum absolute atomic E-state index is 0.00515. The van der Waals surface area contributed by atoms with Crippen LogP contribution in [-0.4, -0.2) is 41.0 Å². The van der Waals surface area contributed by atoms with Crippen molar-refractivity contribution in [1.82, 2.24) is 4.90 Å². The highest BCUT2D eigenvalue weighted by molar-refractivity contribution is 8.26. The molecule has 1 atom stereocenters. The predicted molar refractivity (Wildman–Crippen MR) is 101 cm³/mol. The average Bonchev–Trinajstić information content (AvgIpc) is 3.19. The molecule has 3 rings (SSSR count). The van der Waals surface area contributed by atoms with Crippen LogP contribution in [-0.2, 0) is 9.53 Å². The molecule has 1 aromatic rings. The van der Waals surface area contributed by atoms with Gasteiger partial charge in [0, 0.05) is 13.2 Å². The number of thioether (sulfide) groups is 1. The molecule has 128 valence electrons. The van der Waals surface area contributed by atoms with Gasteiger partial charge in [0.15, 0.2) is 0 Å². The summed E-state index contributed by atoms with van der Waals surface area (Å²) < 4.78 is 11.9. The van der Waals surface area contributed by atoms with Crippen molar-refractivity contribution in [2.45, 2.75) is 32.3 Å². The molecule has 0 N–H and O–H groups in total. The lowest BCUT2D eigenvalue weighted by molar-refractivity contribution is -0.122. The largest absolute Gasteiger partial charge is 0.491 e. The lowest BCUT2D eigenvalue weighted by atomic mass is 10.2. The van der Waals surface area contributed by atoms with E-state index in [0.717, 1.165) is 37.2 Å². The first-order chi connectivity index (χ1) is 11.7. The van der Waals surface area contributed by atoms with Crippen molar-refractivity contribution in [2.24, 2.45) is 0 Å². The third kappa shape index (κ3) is 4.18. The van der Waals surface area contributed by atoms with Crippen molar-refractivity contribution in [3.05, 3.63) is 34.7 Å². The maximum atomic E-state index is 12.3. The van der Waals surface area contributed by atoms with E-state index in [9.17, 15) is 4.79 Å². The van der Waals surface area contributed by atoms with Gasteiger partial charge in [-0.05, 0) is 43.0 Å². The molecule has 1 amide bonds. The molecule has 2 saturated heterocycles. The van der Waals surface area contributed by atoms with E-state index in [-0.39, 0.29) is 12.0 Å². The van der Waals surface area contributed by atoms with E-state index < -0.39 is 0 Å². The summed E-state index contributed by atoms with van der Waals surface area (Å²) in [7, 11) is 0. The predicted octanol–water partition coefficient (Wildman–Crippen LogP) is 3.86. The fourth-order valence-electron chi connectivity index (χ4n) is 2.69. The molecule has 0 radical (unpaired) electrons. The van der Waals surface area contributed by atoms with Crippen LogP contribution in [0.4, 0.5) is 0 Å². The highest BCUT2D eigenvalue weighted by Gasteiger charge is 2.31. The number of nitrogens with zero attached hydrogens (tertiary/aromatic N) is 1. The number of ether oxygens (including phenoxy) is 2. The molecule has 0 saturated carbocycles. The summed E-state index contributed by atoms with van der Waals surface area (Å²) in [5.41, 5.74) is 0.969. The van der Waals surface area contributed by atoms with E-state index in [2.05, 4.69) is 0 Å². The number of hydrogen-bond donors (Lipinski definition) is 0. The Labute approximate surface area is 152 Å². The summed E-state index contributed by atoms with van der Waals surface area (Å²) in [6, 6.07) is 7.76. The topological polar surface area (TPSA) is 38.8 Å². The van der Waals surface area contributed by atoms with Crippen molar-refractivity contribution < 1.29 is 14.3 Å². The number of thiocarbonyl (C=S) groups is 1. The number of benzene rings is 1. The number of rotatable bonds is 6. The lowest BCUT2D eigenvalue weighted by Gasteiger charge is -2.12. The number of carbonyl (C=O) groups excluding carboxylic acids is 1. The number of carbonyl (C=O) groups is 1. The molecule has 1 aromatic carbocycles. The second kappa shape index (κ2) is 8.14. The van der Waals surface area contributed by atoms with Gasteiger partial charge in [-0.2, -0.15) is 0 Å². The van der Waals surface area contributed by atoms with Crippen LogP contribution in [0.3, 0.4) is 0 Å². The summed E-state index contributed by atoms with van der Waals surface area (Å²) >= 11 is 6.65. The zero-order chi connectivity index (χ0) is 16.9. The quantitative estimate of drug-likeness (QED) is 0.567. The van der Waals surface area contributed by atoms with E-state index in [0.29, 0.717) is 22.4 Å². The van der Waals surface area contributed by atoms with Crippen LogP contribution in [0.2, 0.25) is 0 Å². The van der Waals surface area contributed by atoms with E-state index >= 15 is 0 Å². The minimum Gasteiger partial charge on any atom is -0.491 e. The van der Waals surface area contributed by atoms with Crippen molar-refractivity contribution in [2.75, 3.05) is 19.8 Å².